The first-order valence-electron chi connectivity index (χ1n) is 7.53. The average Bonchev–Trinajstić information content (AvgIpc) is 2.70. The van der Waals surface area contributed by atoms with Crippen LogP contribution in [0.3, 0.4) is 0 Å². The summed E-state index contributed by atoms with van der Waals surface area (Å²) < 4.78 is 4.94. The first-order valence-corrected chi connectivity index (χ1v) is 8.72. The third-order valence-corrected chi connectivity index (χ3v) is 5.03. The molecule has 2 aromatic rings. The lowest BCUT2D eigenvalue weighted by molar-refractivity contribution is 0.0937. The number of nitrogens with one attached hydrogen (secondary N) is 1. The Morgan fingerprint density at radius 3 is 2.83 bits per heavy atom. The van der Waals surface area contributed by atoms with Gasteiger partial charge in [-0.2, -0.15) is 0 Å². The molecule has 0 atom stereocenters. The van der Waals surface area contributed by atoms with Crippen LogP contribution in [0.15, 0.2) is 51.2 Å². The largest absolute Gasteiger partial charge is 0.383 e. The fourth-order valence-corrected chi connectivity index (χ4v) is 3.64. The second-order valence-corrected chi connectivity index (χ2v) is 6.89. The van der Waals surface area contributed by atoms with E-state index in [0.717, 1.165) is 26.8 Å². The van der Waals surface area contributed by atoms with Gasteiger partial charge in [-0.25, -0.2) is 0 Å². The Labute approximate surface area is 150 Å². The maximum Gasteiger partial charge on any atom is 0.251 e. The van der Waals surface area contributed by atoms with E-state index in [9.17, 15) is 4.79 Å². The fourth-order valence-electron chi connectivity index (χ4n) is 2.43. The number of amides is 1. The number of carbonyl (C=O) groups is 1. The van der Waals surface area contributed by atoms with Crippen LogP contribution in [-0.2, 0) is 4.74 Å². The lowest BCUT2D eigenvalue weighted by atomic mass is 10.1. The van der Waals surface area contributed by atoms with Crippen molar-refractivity contribution in [3.8, 4) is 0 Å². The standard InChI is InChI=1S/C18H17ClN2O2S/c1-11-14-10-13(19)4-6-16(14)24-17-5-3-12(9-15(17)21-11)18(22)20-7-8-23-2/h3-6,9-10H,7-8H2,1-2H3,(H,20,22). The Kier molecular flexibility index (Phi) is 5.23. The van der Waals surface area contributed by atoms with Gasteiger partial charge in [-0.3, -0.25) is 9.79 Å². The van der Waals surface area contributed by atoms with Gasteiger partial charge in [-0.15, -0.1) is 0 Å². The fraction of sp³-hybridized carbons (Fsp3) is 0.222. The molecule has 3 rings (SSSR count). The van der Waals surface area contributed by atoms with Crippen LogP contribution in [-0.4, -0.2) is 31.9 Å². The van der Waals surface area contributed by atoms with Gasteiger partial charge in [-0.05, 0) is 43.3 Å². The minimum Gasteiger partial charge on any atom is -0.383 e. The van der Waals surface area contributed by atoms with Crippen LogP contribution < -0.4 is 5.32 Å². The van der Waals surface area contributed by atoms with Gasteiger partial charge in [0.1, 0.15) is 0 Å². The van der Waals surface area contributed by atoms with Crippen LogP contribution in [0, 0.1) is 0 Å². The van der Waals surface area contributed by atoms with Gasteiger partial charge in [0.15, 0.2) is 0 Å². The van der Waals surface area contributed by atoms with Crippen molar-refractivity contribution in [3.05, 3.63) is 52.5 Å². The van der Waals surface area contributed by atoms with Gasteiger partial charge in [0.05, 0.1) is 12.3 Å². The zero-order chi connectivity index (χ0) is 17.1. The summed E-state index contributed by atoms with van der Waals surface area (Å²) in [5.41, 5.74) is 3.29. The second kappa shape index (κ2) is 7.38. The number of aliphatic imine (C=N–C) groups is 1. The van der Waals surface area contributed by atoms with Gasteiger partial charge in [0.2, 0.25) is 0 Å². The Hall–Kier alpha value is -1.82. The van der Waals surface area contributed by atoms with Crippen LogP contribution in [0.1, 0.15) is 22.8 Å². The molecule has 24 heavy (non-hydrogen) atoms. The molecule has 0 spiro atoms. The minimum atomic E-state index is -0.127. The topological polar surface area (TPSA) is 50.7 Å². The molecule has 1 N–H and O–H groups in total. The molecule has 1 aliphatic heterocycles. The smallest absolute Gasteiger partial charge is 0.251 e. The van der Waals surface area contributed by atoms with Crippen molar-refractivity contribution in [1.29, 1.82) is 0 Å². The lowest BCUT2D eigenvalue weighted by Crippen LogP contribution is -2.26. The zero-order valence-corrected chi connectivity index (χ0v) is 15.0. The first kappa shape index (κ1) is 17.0. The van der Waals surface area contributed by atoms with Gasteiger partial charge in [0, 0.05) is 45.3 Å². The van der Waals surface area contributed by atoms with E-state index in [1.54, 1.807) is 18.9 Å². The third kappa shape index (κ3) is 3.64. The first-order chi connectivity index (χ1) is 11.6. The molecule has 0 aromatic heterocycles. The maximum atomic E-state index is 12.2. The molecule has 0 bridgehead atoms. The molecule has 1 aliphatic rings. The van der Waals surface area contributed by atoms with Crippen molar-refractivity contribution in [2.75, 3.05) is 20.3 Å². The molecule has 0 saturated carbocycles. The third-order valence-electron chi connectivity index (χ3n) is 3.65. The van der Waals surface area contributed by atoms with E-state index in [1.165, 1.54) is 0 Å². The molecule has 2 aromatic carbocycles. The maximum absolute atomic E-state index is 12.2. The average molecular weight is 361 g/mol. The van der Waals surface area contributed by atoms with Crippen molar-refractivity contribution in [2.24, 2.45) is 4.99 Å². The summed E-state index contributed by atoms with van der Waals surface area (Å²) in [5, 5.41) is 3.51. The summed E-state index contributed by atoms with van der Waals surface area (Å²) >= 11 is 7.74. The van der Waals surface area contributed by atoms with E-state index >= 15 is 0 Å². The van der Waals surface area contributed by atoms with Crippen molar-refractivity contribution >= 4 is 40.7 Å². The highest BCUT2D eigenvalue weighted by molar-refractivity contribution is 7.99. The Morgan fingerprint density at radius 1 is 1.25 bits per heavy atom. The summed E-state index contributed by atoms with van der Waals surface area (Å²) in [5.74, 6) is -0.127. The predicted octanol–water partition coefficient (Wildman–Crippen LogP) is 4.32. The zero-order valence-electron chi connectivity index (χ0n) is 13.4. The molecule has 0 unspecified atom stereocenters. The quantitative estimate of drug-likeness (QED) is 0.826. The normalized spacial score (nSPS) is 12.7. The number of methoxy groups -OCH3 is 1. The monoisotopic (exact) mass is 360 g/mol. The number of ether oxygens (including phenoxy) is 1. The molecular weight excluding hydrogens is 344 g/mol. The lowest BCUT2D eigenvalue weighted by Gasteiger charge is -2.08. The molecule has 124 valence electrons. The van der Waals surface area contributed by atoms with Crippen molar-refractivity contribution < 1.29 is 9.53 Å². The highest BCUT2D eigenvalue weighted by Crippen LogP contribution is 2.41. The molecule has 0 fully saturated rings. The number of halogens is 1. The Bertz CT molecular complexity index is 821. The number of carbonyl (C=O) groups excluding carboxylic acids is 1. The van der Waals surface area contributed by atoms with E-state index in [-0.39, 0.29) is 5.91 Å². The Balaban J connectivity index is 1.92. The number of hydrogen-bond donors (Lipinski definition) is 1. The molecule has 0 radical (unpaired) electrons. The van der Waals surface area contributed by atoms with Crippen LogP contribution in [0.5, 0.6) is 0 Å². The van der Waals surface area contributed by atoms with Gasteiger partial charge < -0.3 is 10.1 Å². The van der Waals surface area contributed by atoms with E-state index in [1.807, 2.05) is 43.3 Å². The number of rotatable bonds is 4. The molecule has 0 aliphatic carbocycles. The molecule has 1 heterocycles. The van der Waals surface area contributed by atoms with Gasteiger partial charge in [-0.1, -0.05) is 23.4 Å². The summed E-state index contributed by atoms with van der Waals surface area (Å²) in [7, 11) is 1.60. The Morgan fingerprint density at radius 2 is 2.04 bits per heavy atom. The number of hydrogen-bond acceptors (Lipinski definition) is 4. The minimum absolute atomic E-state index is 0.127. The van der Waals surface area contributed by atoms with Crippen molar-refractivity contribution in [1.82, 2.24) is 5.32 Å². The second-order valence-electron chi connectivity index (χ2n) is 5.37. The molecule has 4 nitrogen and oxygen atoms in total. The van der Waals surface area contributed by atoms with E-state index in [0.29, 0.717) is 23.7 Å². The molecular formula is C18H17ClN2O2S. The summed E-state index contributed by atoms with van der Waals surface area (Å²) in [6.45, 7) is 2.92. The summed E-state index contributed by atoms with van der Waals surface area (Å²) in [4.78, 5) is 19.0. The molecule has 6 heteroatoms. The van der Waals surface area contributed by atoms with Crippen LogP contribution in [0.2, 0.25) is 5.02 Å². The van der Waals surface area contributed by atoms with E-state index in [4.69, 9.17) is 21.3 Å². The highest BCUT2D eigenvalue weighted by atomic mass is 35.5. The summed E-state index contributed by atoms with van der Waals surface area (Å²) in [6, 6.07) is 11.4. The summed E-state index contributed by atoms with van der Waals surface area (Å²) in [6.07, 6.45) is 0. The van der Waals surface area contributed by atoms with Crippen LogP contribution >= 0.6 is 23.4 Å². The van der Waals surface area contributed by atoms with E-state index < -0.39 is 0 Å². The molecule has 1 amide bonds. The van der Waals surface area contributed by atoms with E-state index in [2.05, 4.69) is 5.32 Å². The van der Waals surface area contributed by atoms with Crippen LogP contribution in [0.25, 0.3) is 0 Å². The van der Waals surface area contributed by atoms with Gasteiger partial charge in [0.25, 0.3) is 5.91 Å². The van der Waals surface area contributed by atoms with Crippen molar-refractivity contribution in [2.45, 2.75) is 16.7 Å². The number of fused-ring (bicyclic) bond motifs is 2. The number of benzene rings is 2. The van der Waals surface area contributed by atoms with Gasteiger partial charge >= 0.3 is 0 Å². The molecule has 0 saturated heterocycles. The number of nitrogens with zero attached hydrogens (tertiary/aromatic N) is 1. The predicted molar refractivity (Wildman–Crippen MR) is 98.1 cm³/mol. The van der Waals surface area contributed by atoms with Crippen molar-refractivity contribution in [3.63, 3.8) is 0 Å². The SMILES string of the molecule is COCCNC(=O)c1ccc2c(c1)N=C(C)c1cc(Cl)ccc1S2. The van der Waals surface area contributed by atoms with Crippen LogP contribution in [0.4, 0.5) is 5.69 Å². The highest BCUT2D eigenvalue weighted by Gasteiger charge is 2.17.